The third-order valence-corrected chi connectivity index (χ3v) is 4.20. The van der Waals surface area contributed by atoms with Crippen molar-refractivity contribution in [2.75, 3.05) is 0 Å². The van der Waals surface area contributed by atoms with Crippen molar-refractivity contribution in [3.63, 3.8) is 0 Å². The van der Waals surface area contributed by atoms with E-state index >= 15 is 0 Å². The maximum atomic E-state index is 9.13. The summed E-state index contributed by atoms with van der Waals surface area (Å²) in [5.41, 5.74) is 2.17. The Morgan fingerprint density at radius 3 is 2.29 bits per heavy atom. The number of hydrogen-bond acceptors (Lipinski definition) is 4. The van der Waals surface area contributed by atoms with Gasteiger partial charge in [-0.05, 0) is 29.5 Å². The summed E-state index contributed by atoms with van der Waals surface area (Å²) in [5.74, 6) is 1.61. The predicted molar refractivity (Wildman–Crippen MR) is 85.8 cm³/mol. The van der Waals surface area contributed by atoms with E-state index in [0.29, 0.717) is 17.4 Å². The van der Waals surface area contributed by atoms with Gasteiger partial charge in [-0.25, -0.2) is 4.98 Å². The minimum Gasteiger partial charge on any atom is -0.486 e. The molecule has 0 aliphatic heterocycles. The predicted octanol–water partition coefficient (Wildman–Crippen LogP) is 4.84. The van der Waals surface area contributed by atoms with Gasteiger partial charge in [-0.1, -0.05) is 39.8 Å². The summed E-state index contributed by atoms with van der Waals surface area (Å²) in [5, 5.41) is 9.98. The van der Waals surface area contributed by atoms with Gasteiger partial charge >= 0.3 is 0 Å². The maximum Gasteiger partial charge on any atom is 0.140 e. The van der Waals surface area contributed by atoms with Gasteiger partial charge in [-0.3, -0.25) is 0 Å². The summed E-state index contributed by atoms with van der Waals surface area (Å²) in [6.07, 6.45) is 0. The molecule has 0 radical (unpaired) electrons. The Balaban J connectivity index is 2.04. The van der Waals surface area contributed by atoms with Gasteiger partial charge in [-0.2, -0.15) is 5.26 Å². The molecule has 0 saturated heterocycles. The van der Waals surface area contributed by atoms with Crippen molar-refractivity contribution in [3.8, 4) is 11.8 Å². The Bertz CT molecular complexity index is 636. The number of benzene rings is 1. The average molecular weight is 300 g/mol. The van der Waals surface area contributed by atoms with Crippen molar-refractivity contribution < 1.29 is 4.74 Å². The Labute approximate surface area is 130 Å². The molecule has 0 aliphatic carbocycles. The van der Waals surface area contributed by atoms with E-state index in [4.69, 9.17) is 10.00 Å². The van der Waals surface area contributed by atoms with E-state index in [9.17, 15) is 0 Å². The van der Waals surface area contributed by atoms with Crippen LogP contribution >= 0.6 is 11.3 Å². The summed E-state index contributed by atoms with van der Waals surface area (Å²) in [7, 11) is 0. The van der Waals surface area contributed by atoms with Crippen LogP contribution in [0.3, 0.4) is 0 Å². The van der Waals surface area contributed by atoms with Crippen molar-refractivity contribution in [1.29, 1.82) is 5.26 Å². The fourth-order valence-corrected chi connectivity index (χ4v) is 2.93. The Morgan fingerprint density at radius 2 is 1.81 bits per heavy atom. The quantitative estimate of drug-likeness (QED) is 0.793. The van der Waals surface area contributed by atoms with Crippen molar-refractivity contribution in [2.45, 2.75) is 46.1 Å². The molecule has 110 valence electrons. The first kappa shape index (κ1) is 15.5. The fourth-order valence-electron chi connectivity index (χ4n) is 2.01. The zero-order valence-corrected chi connectivity index (χ0v) is 13.7. The van der Waals surface area contributed by atoms with Gasteiger partial charge < -0.3 is 4.74 Å². The fraction of sp³-hybridized carbons (Fsp3) is 0.412. The van der Waals surface area contributed by atoms with Crippen molar-refractivity contribution in [3.05, 3.63) is 45.4 Å². The molecule has 1 aromatic heterocycles. The van der Waals surface area contributed by atoms with Gasteiger partial charge in [0.05, 0.1) is 5.69 Å². The molecule has 0 unspecified atom stereocenters. The van der Waals surface area contributed by atoms with Crippen molar-refractivity contribution >= 4 is 11.3 Å². The Morgan fingerprint density at radius 1 is 1.14 bits per heavy atom. The molecule has 3 nitrogen and oxygen atoms in total. The normalized spacial score (nSPS) is 10.9. The highest BCUT2D eigenvalue weighted by Crippen LogP contribution is 2.25. The van der Waals surface area contributed by atoms with Gasteiger partial charge in [-0.15, -0.1) is 11.3 Å². The van der Waals surface area contributed by atoms with Gasteiger partial charge in [0.15, 0.2) is 0 Å². The SMILES string of the molecule is CC(C)c1ccc(OCc2nc(C(C)C)c(C#N)s2)cc1. The third-order valence-electron chi connectivity index (χ3n) is 3.26. The standard InChI is InChI=1S/C17H20N2OS/c1-11(2)13-5-7-14(8-6-13)20-10-16-19-17(12(3)4)15(9-18)21-16/h5-8,11-12H,10H2,1-4H3. The Kier molecular flexibility index (Phi) is 4.98. The van der Waals surface area contributed by atoms with Crippen LogP contribution < -0.4 is 4.74 Å². The number of aromatic nitrogens is 1. The Hall–Kier alpha value is -1.86. The molecule has 0 spiro atoms. The minimum absolute atomic E-state index is 0.259. The van der Waals surface area contributed by atoms with Crippen LogP contribution in [0.4, 0.5) is 0 Å². The van der Waals surface area contributed by atoms with E-state index in [1.54, 1.807) is 0 Å². The summed E-state index contributed by atoms with van der Waals surface area (Å²) in [4.78, 5) is 5.21. The van der Waals surface area contributed by atoms with Crippen LogP contribution in [0.5, 0.6) is 5.75 Å². The lowest BCUT2D eigenvalue weighted by molar-refractivity contribution is 0.305. The van der Waals surface area contributed by atoms with Crippen LogP contribution in [-0.2, 0) is 6.61 Å². The number of ether oxygens (including phenoxy) is 1. The molecule has 0 bridgehead atoms. The molecule has 1 aromatic carbocycles. The molecule has 0 N–H and O–H groups in total. The van der Waals surface area contributed by atoms with Crippen molar-refractivity contribution in [1.82, 2.24) is 4.98 Å². The van der Waals surface area contributed by atoms with Crippen LogP contribution in [0.2, 0.25) is 0 Å². The van der Waals surface area contributed by atoms with E-state index in [1.807, 2.05) is 26.0 Å². The van der Waals surface area contributed by atoms with Crippen LogP contribution in [0.1, 0.15) is 60.7 Å². The zero-order chi connectivity index (χ0) is 15.4. The summed E-state index contributed by atoms with van der Waals surface area (Å²) in [6.45, 7) is 8.84. The minimum atomic E-state index is 0.259. The van der Waals surface area contributed by atoms with Gasteiger partial charge in [0.2, 0.25) is 0 Å². The van der Waals surface area contributed by atoms with E-state index in [2.05, 4.69) is 37.0 Å². The van der Waals surface area contributed by atoms with Gasteiger partial charge in [0, 0.05) is 0 Å². The second-order valence-corrected chi connectivity index (χ2v) is 6.68. The number of rotatable bonds is 5. The van der Waals surface area contributed by atoms with Crippen LogP contribution in [0.25, 0.3) is 0 Å². The lowest BCUT2D eigenvalue weighted by atomic mass is 10.0. The summed E-state index contributed by atoms with van der Waals surface area (Å²) in [6, 6.07) is 10.4. The molecular formula is C17H20N2OS. The van der Waals surface area contributed by atoms with Gasteiger partial charge in [0.1, 0.15) is 28.3 Å². The number of nitrogens with zero attached hydrogens (tertiary/aromatic N) is 2. The van der Waals surface area contributed by atoms with E-state index in [-0.39, 0.29) is 5.92 Å². The highest BCUT2D eigenvalue weighted by Gasteiger charge is 2.14. The van der Waals surface area contributed by atoms with Crippen molar-refractivity contribution in [2.24, 2.45) is 0 Å². The van der Waals surface area contributed by atoms with Crippen LogP contribution in [-0.4, -0.2) is 4.98 Å². The summed E-state index contributed by atoms with van der Waals surface area (Å²) < 4.78 is 5.76. The van der Waals surface area contributed by atoms with E-state index in [1.165, 1.54) is 16.9 Å². The highest BCUT2D eigenvalue weighted by molar-refractivity contribution is 7.12. The molecule has 0 atom stereocenters. The first-order valence-corrected chi connectivity index (χ1v) is 7.95. The second kappa shape index (κ2) is 6.73. The average Bonchev–Trinajstić information content (AvgIpc) is 2.89. The smallest absolute Gasteiger partial charge is 0.140 e. The first-order chi connectivity index (χ1) is 10.0. The topological polar surface area (TPSA) is 45.9 Å². The van der Waals surface area contributed by atoms with Crippen LogP contribution in [0.15, 0.2) is 24.3 Å². The van der Waals surface area contributed by atoms with E-state index < -0.39 is 0 Å². The molecule has 0 fully saturated rings. The van der Waals surface area contributed by atoms with Crippen LogP contribution in [0, 0.1) is 11.3 Å². The molecule has 0 amide bonds. The molecule has 2 aromatic rings. The monoisotopic (exact) mass is 300 g/mol. The second-order valence-electron chi connectivity index (χ2n) is 5.60. The largest absolute Gasteiger partial charge is 0.486 e. The molecular weight excluding hydrogens is 280 g/mol. The lowest BCUT2D eigenvalue weighted by Gasteiger charge is -2.07. The number of thiazole rings is 1. The highest BCUT2D eigenvalue weighted by atomic mass is 32.1. The lowest BCUT2D eigenvalue weighted by Crippen LogP contribution is -1.97. The molecule has 0 aliphatic rings. The molecule has 1 heterocycles. The molecule has 2 rings (SSSR count). The first-order valence-electron chi connectivity index (χ1n) is 7.13. The molecule has 21 heavy (non-hydrogen) atoms. The third kappa shape index (κ3) is 3.83. The zero-order valence-electron chi connectivity index (χ0n) is 12.9. The number of nitriles is 1. The number of hydrogen-bond donors (Lipinski definition) is 0. The maximum absolute atomic E-state index is 9.13. The summed E-state index contributed by atoms with van der Waals surface area (Å²) >= 11 is 1.42. The molecule has 4 heteroatoms. The van der Waals surface area contributed by atoms with Gasteiger partial charge in [0.25, 0.3) is 0 Å². The molecule has 0 saturated carbocycles. The van der Waals surface area contributed by atoms with E-state index in [0.717, 1.165) is 16.5 Å².